The Morgan fingerprint density at radius 2 is 0.722 bits per heavy atom. The van der Waals surface area contributed by atoms with Crippen molar-refractivity contribution in [3.63, 3.8) is 0 Å². The Hall–Kier alpha value is -13.9. The molecule has 0 bridgehead atoms. The van der Waals surface area contributed by atoms with Crippen LogP contribution in [0.15, 0.2) is 349 Å². The van der Waals surface area contributed by atoms with Gasteiger partial charge in [0.05, 0.1) is 33.4 Å². The summed E-state index contributed by atoms with van der Waals surface area (Å²) in [7, 11) is 0. The maximum Gasteiger partial charge on any atom is 0.236 e. The number of aromatic nitrogens is 6. The number of rotatable bonds is 5. The highest BCUT2D eigenvalue weighted by molar-refractivity contribution is 6.30. The lowest BCUT2D eigenvalue weighted by atomic mass is 9.81. The molecule has 0 saturated heterocycles. The summed E-state index contributed by atoms with van der Waals surface area (Å²) in [5.41, 5.74) is 24.7. The summed E-state index contributed by atoms with van der Waals surface area (Å²) in [6.07, 6.45) is 1.04. The molecule has 0 unspecified atom stereocenters. The number of anilines is 3. The summed E-state index contributed by atoms with van der Waals surface area (Å²) in [4.78, 5) is 22.4. The maximum atomic E-state index is 6.72. The van der Waals surface area contributed by atoms with Gasteiger partial charge < -0.3 is 18.0 Å². The van der Waals surface area contributed by atoms with E-state index in [0.29, 0.717) is 22.8 Å². The third-order valence-corrected chi connectivity index (χ3v) is 21.9. The first-order chi connectivity index (χ1) is 53.0. The van der Waals surface area contributed by atoms with Gasteiger partial charge in [0.1, 0.15) is 33.6 Å². The zero-order valence-electron chi connectivity index (χ0n) is 57.9. The lowest BCUT2D eigenvalue weighted by Crippen LogP contribution is -2.18. The van der Waals surface area contributed by atoms with Gasteiger partial charge in [0.15, 0.2) is 11.2 Å². The highest BCUT2D eigenvalue weighted by atomic mass is 35.5. The van der Waals surface area contributed by atoms with Crippen LogP contribution in [0.1, 0.15) is 11.1 Å². The Labute approximate surface area is 625 Å². The van der Waals surface area contributed by atoms with Crippen LogP contribution >= 0.6 is 11.6 Å². The Kier molecular flexibility index (Phi) is 14.4. The Morgan fingerprint density at radius 1 is 0.287 bits per heavy atom. The van der Waals surface area contributed by atoms with Crippen molar-refractivity contribution in [2.45, 2.75) is 6.42 Å². The summed E-state index contributed by atoms with van der Waals surface area (Å²) in [6.45, 7) is 0. The monoisotopic (exact) mass is 1400 g/mol. The molecule has 6 aromatic heterocycles. The number of para-hydroxylation sites is 6. The van der Waals surface area contributed by atoms with Crippen molar-refractivity contribution < 1.29 is 8.83 Å². The molecule has 0 atom stereocenters. The summed E-state index contributed by atoms with van der Waals surface area (Å²) in [5, 5.41) is 16.9. The zero-order valence-corrected chi connectivity index (χ0v) is 58.7. The molecule has 0 amide bonds. The van der Waals surface area contributed by atoms with Gasteiger partial charge in [-0.15, -0.1) is 0 Å². The van der Waals surface area contributed by atoms with Crippen molar-refractivity contribution in [1.29, 1.82) is 0 Å². The zero-order chi connectivity index (χ0) is 70.4. The number of hydrogen-bond donors (Lipinski definition) is 0. The summed E-state index contributed by atoms with van der Waals surface area (Å²) in [5.74, 6) is 0.599. The van der Waals surface area contributed by atoms with Crippen LogP contribution in [0, 0.1) is 0 Å². The lowest BCUT2D eigenvalue weighted by molar-refractivity contribution is 0.667. The van der Waals surface area contributed by atoms with Crippen molar-refractivity contribution in [2.24, 2.45) is 0 Å². The molecule has 1 aliphatic heterocycles. The minimum absolute atomic E-state index is 0. The van der Waals surface area contributed by atoms with Crippen molar-refractivity contribution in [3.05, 3.63) is 356 Å². The molecule has 9 nitrogen and oxygen atoms in total. The molecule has 0 saturated carbocycles. The molecule has 0 spiro atoms. The number of hydrogen-bond acceptors (Lipinski definition) is 7. The van der Waals surface area contributed by atoms with E-state index in [9.17, 15) is 0 Å². The minimum atomic E-state index is 0. The molecule has 0 N–H and O–H groups in total. The molecular formula is C97H58BClN7O2. The second-order valence-electron chi connectivity index (χ2n) is 27.6. The van der Waals surface area contributed by atoms with Crippen LogP contribution in [0.25, 0.3) is 187 Å². The average molecular weight is 1400 g/mol. The lowest BCUT2D eigenvalue weighted by Gasteiger charge is -2.32. The first kappa shape index (κ1) is 62.6. The summed E-state index contributed by atoms with van der Waals surface area (Å²) in [6, 6.07) is 120. The molecule has 16 aromatic carbocycles. The largest absolute Gasteiger partial charge is 0.452 e. The van der Waals surface area contributed by atoms with Crippen LogP contribution in [-0.2, 0) is 6.42 Å². The van der Waals surface area contributed by atoms with Gasteiger partial charge in [-0.2, -0.15) is 0 Å². The van der Waals surface area contributed by atoms with Crippen LogP contribution in [-0.4, -0.2) is 37.5 Å². The van der Waals surface area contributed by atoms with Gasteiger partial charge in [0.25, 0.3) is 0 Å². The number of furan rings is 2. The highest BCUT2D eigenvalue weighted by Gasteiger charge is 2.32. The Balaban J connectivity index is 0.000000115. The molecule has 11 heteroatoms. The smallest absolute Gasteiger partial charge is 0.236 e. The molecule has 1 aliphatic carbocycles. The van der Waals surface area contributed by atoms with E-state index in [2.05, 4.69) is 315 Å². The fourth-order valence-corrected chi connectivity index (χ4v) is 17.5. The molecule has 0 fully saturated rings. The second kappa shape index (κ2) is 24.9. The fraction of sp³-hybridized carbons (Fsp3) is 0.0103. The van der Waals surface area contributed by atoms with Crippen molar-refractivity contribution >= 4 is 168 Å². The topological polar surface area (TPSA) is 90.9 Å². The van der Waals surface area contributed by atoms with Crippen LogP contribution in [0.4, 0.5) is 17.3 Å². The Morgan fingerprint density at radius 3 is 1.32 bits per heavy atom. The highest BCUT2D eigenvalue weighted by Crippen LogP contribution is 2.54. The quantitative estimate of drug-likeness (QED) is 0.125. The molecule has 24 rings (SSSR count). The molecule has 3 radical (unpaired) electrons. The molecule has 22 aromatic rings. The predicted octanol–water partition coefficient (Wildman–Crippen LogP) is 25.9. The van der Waals surface area contributed by atoms with E-state index < -0.39 is 0 Å². The van der Waals surface area contributed by atoms with Crippen LogP contribution in [0.2, 0.25) is 5.28 Å². The van der Waals surface area contributed by atoms with Gasteiger partial charge in [-0.05, 0) is 168 Å². The van der Waals surface area contributed by atoms with Gasteiger partial charge in [0, 0.05) is 74.2 Å². The molecule has 503 valence electrons. The third kappa shape index (κ3) is 9.60. The maximum absolute atomic E-state index is 6.72. The van der Waals surface area contributed by atoms with E-state index in [1.165, 1.54) is 76.5 Å². The number of benzene rings is 16. The normalized spacial score (nSPS) is 12.2. The average Bonchev–Trinajstić information content (AvgIpc) is 1.41. The van der Waals surface area contributed by atoms with Crippen LogP contribution in [0.5, 0.6) is 0 Å². The number of halogens is 1. The molecule has 2 aliphatic rings. The summed E-state index contributed by atoms with van der Waals surface area (Å²) >= 11 is 6.43. The fourth-order valence-electron chi connectivity index (χ4n) is 17.3. The Bertz CT molecular complexity index is 7460. The first-order valence-electron chi connectivity index (χ1n) is 36.1. The van der Waals surface area contributed by atoms with Crippen LogP contribution < -0.4 is 4.90 Å². The number of fused-ring (bicyclic) bond motifs is 20. The van der Waals surface area contributed by atoms with Gasteiger partial charge >= 0.3 is 0 Å². The summed E-state index contributed by atoms with van der Waals surface area (Å²) < 4.78 is 17.6. The van der Waals surface area contributed by atoms with E-state index in [1.54, 1.807) is 0 Å². The van der Waals surface area contributed by atoms with Crippen molar-refractivity contribution in [3.8, 4) is 56.1 Å². The van der Waals surface area contributed by atoms with E-state index in [1.807, 2.05) is 48.5 Å². The van der Waals surface area contributed by atoms with E-state index in [0.717, 1.165) is 123 Å². The van der Waals surface area contributed by atoms with E-state index in [4.69, 9.17) is 30.4 Å². The molecular weight excluding hydrogens is 1340 g/mol. The number of nitrogens with zero attached hydrogens (tertiary/aromatic N) is 7. The third-order valence-electron chi connectivity index (χ3n) is 21.7. The molecule has 7 heterocycles. The van der Waals surface area contributed by atoms with Crippen molar-refractivity contribution in [2.75, 3.05) is 4.90 Å². The second-order valence-corrected chi connectivity index (χ2v) is 27.9. The van der Waals surface area contributed by atoms with Crippen molar-refractivity contribution in [1.82, 2.24) is 29.1 Å². The van der Waals surface area contributed by atoms with Gasteiger partial charge in [-0.25, -0.2) is 19.9 Å². The van der Waals surface area contributed by atoms with E-state index in [-0.39, 0.29) is 13.7 Å². The van der Waals surface area contributed by atoms with Gasteiger partial charge in [0.2, 0.25) is 11.2 Å². The minimum Gasteiger partial charge on any atom is -0.452 e. The van der Waals surface area contributed by atoms with E-state index >= 15 is 0 Å². The molecule has 108 heavy (non-hydrogen) atoms. The first-order valence-corrected chi connectivity index (χ1v) is 36.5. The SMILES string of the molecule is Clc1nc(-c2cccc3c2c2ccccc2n3-c2ccccc2)c2oc3ccccc3c2n1.[B].c1ccc(-n2c3ccccc3c3c(-c4nc(N5c6ccc7ccccc7c6-c6cccc7cccc5c67)nc5c4oc4ccccc45)cccc32)cc1.c1ccc2c3c(ccc2c1)Cc1cccc2cccc-3c12. The van der Waals surface area contributed by atoms with Gasteiger partial charge in [-0.1, -0.05) is 255 Å². The predicted molar refractivity (Wildman–Crippen MR) is 447 cm³/mol. The van der Waals surface area contributed by atoms with Gasteiger partial charge in [-0.3, -0.25) is 4.90 Å². The van der Waals surface area contributed by atoms with Crippen LogP contribution in [0.3, 0.4) is 0 Å². The standard InChI is InChI=1S/C48H28N4O.C28H16ClN3O.C21H14.B/c1-2-16-31(17-3-1)51-37-23-8-6-19-33(37)44-36(22-12-25-39(44)51)46-47-45(34-20-7-9-26-41(34)53-47)49-48(50-46)52-38-24-11-15-30-14-10-21-35(42(30)38)43-32-18-5-4-13-29(32)27-28-40(43)52;29-28-30-25-19-12-5-7-16-23(19)33-27(25)26(31-28)20-13-8-15-22-24(20)18-11-4-6-14-21(18)32(22)17-9-2-1-3-10-17;1-2-9-18-14(5-1)11-12-17-13-16-8-3-6-15-7-4-10-19(20(15)16)21(17)18;/h1-28H;1-16H;1-12H,13H2;.